The molecular formula is C20H15ClFN3O5. The molecule has 10 heteroatoms. The first-order valence-corrected chi connectivity index (χ1v) is 8.97. The minimum absolute atomic E-state index is 0.105. The molecule has 0 unspecified atom stereocenters. The van der Waals surface area contributed by atoms with Gasteiger partial charge in [-0.05, 0) is 30.3 Å². The molecule has 0 atom stereocenters. The number of carboxylic acid groups (broad SMARTS) is 2. The van der Waals surface area contributed by atoms with E-state index in [9.17, 15) is 29.0 Å². The lowest BCUT2D eigenvalue weighted by Crippen LogP contribution is -2.65. The Balaban J connectivity index is 2.29. The summed E-state index contributed by atoms with van der Waals surface area (Å²) >= 11 is 6.08. The Hall–Kier alpha value is -3.59. The summed E-state index contributed by atoms with van der Waals surface area (Å²) in [5.41, 5.74) is -2.66. The number of benzene rings is 2. The van der Waals surface area contributed by atoms with E-state index in [-0.39, 0.29) is 22.5 Å². The third kappa shape index (κ3) is 3.67. The molecule has 1 amide bonds. The fraction of sp³-hybridized carbons (Fsp3) is 0.150. The van der Waals surface area contributed by atoms with Crippen molar-refractivity contribution >= 4 is 46.6 Å². The zero-order valence-corrected chi connectivity index (χ0v) is 16.3. The summed E-state index contributed by atoms with van der Waals surface area (Å²) in [6.07, 6.45) is 0. The summed E-state index contributed by atoms with van der Waals surface area (Å²) in [5, 5.41) is 21.7. The molecule has 0 spiro atoms. The van der Waals surface area contributed by atoms with E-state index < -0.39 is 41.5 Å². The lowest BCUT2D eigenvalue weighted by atomic mass is 9.92. The highest BCUT2D eigenvalue weighted by Crippen LogP contribution is 2.31. The van der Waals surface area contributed by atoms with Crippen molar-refractivity contribution in [3.8, 4) is 0 Å². The molecule has 2 aromatic rings. The maximum Gasteiger partial charge on any atom is 0.347 e. The molecule has 1 aliphatic heterocycles. The molecule has 1 aliphatic rings. The number of carbonyl (C=O) groups is 3. The Morgan fingerprint density at radius 2 is 1.77 bits per heavy atom. The van der Waals surface area contributed by atoms with Crippen LogP contribution in [0.3, 0.4) is 0 Å². The number of amides is 1. The highest BCUT2D eigenvalue weighted by Gasteiger charge is 2.53. The SMILES string of the molecule is CC(=O)NC(C(=O)O)(C(=O)O)C1=Nc2ccc(Cl)cc2C(c2ccccc2F)=NC1. The Kier molecular flexibility index (Phi) is 5.66. The van der Waals surface area contributed by atoms with E-state index in [0.29, 0.717) is 5.02 Å². The van der Waals surface area contributed by atoms with Crippen LogP contribution in [0.4, 0.5) is 10.1 Å². The third-order valence-electron chi connectivity index (χ3n) is 4.42. The fourth-order valence-electron chi connectivity index (χ4n) is 3.08. The van der Waals surface area contributed by atoms with Crippen LogP contribution in [0.15, 0.2) is 52.4 Å². The second-order valence-corrected chi connectivity index (χ2v) is 6.84. The van der Waals surface area contributed by atoms with Gasteiger partial charge in [-0.2, -0.15) is 0 Å². The fourth-order valence-corrected chi connectivity index (χ4v) is 3.25. The smallest absolute Gasteiger partial charge is 0.347 e. The zero-order valence-electron chi connectivity index (χ0n) is 15.5. The second-order valence-electron chi connectivity index (χ2n) is 6.41. The maximum absolute atomic E-state index is 14.5. The maximum atomic E-state index is 14.5. The number of aliphatic carboxylic acids is 2. The molecule has 2 aromatic carbocycles. The third-order valence-corrected chi connectivity index (χ3v) is 4.66. The molecule has 3 N–H and O–H groups in total. The average Bonchev–Trinajstić information content (AvgIpc) is 2.85. The standard InChI is InChI=1S/C20H15ClFN3O5/c1-10(26)25-20(18(27)28,19(29)30)16-9-23-17(12-4-2-3-5-14(12)22)13-8-11(21)6-7-15(13)24-16/h2-8H,9H2,1H3,(H,25,26)(H,27,28)(H,29,30). The largest absolute Gasteiger partial charge is 0.479 e. The summed E-state index contributed by atoms with van der Waals surface area (Å²) in [6.45, 7) is 0.467. The van der Waals surface area contributed by atoms with Gasteiger partial charge in [0.25, 0.3) is 5.54 Å². The molecule has 0 bridgehead atoms. The normalized spacial score (nSPS) is 13.4. The number of carboxylic acids is 2. The van der Waals surface area contributed by atoms with Crippen molar-refractivity contribution in [3.63, 3.8) is 0 Å². The average molecular weight is 432 g/mol. The lowest BCUT2D eigenvalue weighted by molar-refractivity contribution is -0.156. The van der Waals surface area contributed by atoms with Crippen molar-refractivity contribution in [2.24, 2.45) is 9.98 Å². The van der Waals surface area contributed by atoms with Crippen LogP contribution in [0.1, 0.15) is 18.1 Å². The van der Waals surface area contributed by atoms with Gasteiger partial charge in [0.2, 0.25) is 5.91 Å². The Morgan fingerprint density at radius 3 is 2.37 bits per heavy atom. The summed E-state index contributed by atoms with van der Waals surface area (Å²) in [5.74, 6) is -5.16. The lowest BCUT2D eigenvalue weighted by Gasteiger charge is -2.26. The van der Waals surface area contributed by atoms with Gasteiger partial charge in [-0.15, -0.1) is 0 Å². The number of hydrogen-bond donors (Lipinski definition) is 3. The molecule has 0 aromatic heterocycles. The quantitative estimate of drug-likeness (QED) is 0.626. The van der Waals surface area contributed by atoms with Crippen molar-refractivity contribution in [2.45, 2.75) is 12.5 Å². The molecule has 8 nitrogen and oxygen atoms in total. The number of carbonyl (C=O) groups excluding carboxylic acids is 1. The second kappa shape index (κ2) is 8.03. The van der Waals surface area contributed by atoms with E-state index in [4.69, 9.17) is 11.6 Å². The topological polar surface area (TPSA) is 128 Å². The van der Waals surface area contributed by atoms with Gasteiger partial charge in [0.15, 0.2) is 0 Å². The summed E-state index contributed by atoms with van der Waals surface area (Å²) < 4.78 is 14.5. The molecular weight excluding hydrogens is 417 g/mol. The summed E-state index contributed by atoms with van der Waals surface area (Å²) in [7, 11) is 0. The first-order valence-electron chi connectivity index (χ1n) is 8.59. The van der Waals surface area contributed by atoms with E-state index in [0.717, 1.165) is 6.92 Å². The van der Waals surface area contributed by atoms with E-state index >= 15 is 0 Å². The number of halogens is 2. The number of nitrogens with one attached hydrogen (secondary N) is 1. The van der Waals surface area contributed by atoms with Crippen LogP contribution in [-0.4, -0.2) is 51.6 Å². The van der Waals surface area contributed by atoms with E-state index in [1.807, 2.05) is 5.32 Å². The predicted octanol–water partition coefficient (Wildman–Crippen LogP) is 2.45. The van der Waals surface area contributed by atoms with E-state index in [1.165, 1.54) is 36.4 Å². The van der Waals surface area contributed by atoms with Crippen molar-refractivity contribution in [1.82, 2.24) is 5.32 Å². The predicted molar refractivity (Wildman–Crippen MR) is 107 cm³/mol. The zero-order chi connectivity index (χ0) is 22.1. The van der Waals surface area contributed by atoms with Crippen molar-refractivity contribution in [1.29, 1.82) is 0 Å². The van der Waals surface area contributed by atoms with Gasteiger partial charge < -0.3 is 15.5 Å². The Morgan fingerprint density at radius 1 is 1.10 bits per heavy atom. The van der Waals surface area contributed by atoms with Gasteiger partial charge in [-0.3, -0.25) is 14.8 Å². The number of aliphatic imine (C=N–C) groups is 2. The van der Waals surface area contributed by atoms with Gasteiger partial charge in [0, 0.05) is 23.1 Å². The summed E-state index contributed by atoms with van der Waals surface area (Å²) in [6, 6.07) is 10.1. The van der Waals surface area contributed by atoms with E-state index in [1.54, 1.807) is 6.07 Å². The van der Waals surface area contributed by atoms with Crippen LogP contribution in [0.5, 0.6) is 0 Å². The van der Waals surface area contributed by atoms with Crippen LogP contribution in [0, 0.1) is 5.82 Å². The molecule has 154 valence electrons. The van der Waals surface area contributed by atoms with Gasteiger partial charge >= 0.3 is 11.9 Å². The minimum atomic E-state index is -2.85. The van der Waals surface area contributed by atoms with Crippen LogP contribution in [-0.2, 0) is 14.4 Å². The number of nitrogens with zero attached hydrogens (tertiary/aromatic N) is 2. The van der Waals surface area contributed by atoms with Gasteiger partial charge in [0.1, 0.15) is 5.82 Å². The number of fused-ring (bicyclic) bond motifs is 1. The highest BCUT2D eigenvalue weighted by molar-refractivity contribution is 6.32. The van der Waals surface area contributed by atoms with Gasteiger partial charge in [0.05, 0.1) is 23.7 Å². The van der Waals surface area contributed by atoms with E-state index in [2.05, 4.69) is 9.98 Å². The Labute approximate surface area is 174 Å². The van der Waals surface area contributed by atoms with Crippen LogP contribution < -0.4 is 5.32 Å². The van der Waals surface area contributed by atoms with Crippen LogP contribution >= 0.6 is 11.6 Å². The number of rotatable bonds is 5. The molecule has 0 saturated carbocycles. The monoisotopic (exact) mass is 431 g/mol. The van der Waals surface area contributed by atoms with Gasteiger partial charge in [-0.25, -0.2) is 14.0 Å². The molecule has 1 heterocycles. The minimum Gasteiger partial charge on any atom is -0.479 e. The molecule has 30 heavy (non-hydrogen) atoms. The van der Waals surface area contributed by atoms with Crippen molar-refractivity contribution in [2.75, 3.05) is 6.54 Å². The van der Waals surface area contributed by atoms with Gasteiger partial charge in [-0.1, -0.05) is 23.7 Å². The first kappa shape index (κ1) is 21.1. The highest BCUT2D eigenvalue weighted by atomic mass is 35.5. The Bertz CT molecular complexity index is 1120. The molecule has 0 saturated heterocycles. The molecule has 0 fully saturated rings. The van der Waals surface area contributed by atoms with Crippen molar-refractivity contribution < 1.29 is 29.0 Å². The van der Waals surface area contributed by atoms with Crippen LogP contribution in [0.25, 0.3) is 0 Å². The summed E-state index contributed by atoms with van der Waals surface area (Å²) in [4.78, 5) is 44.0. The molecule has 0 aliphatic carbocycles. The number of hydrogen-bond acceptors (Lipinski definition) is 5. The van der Waals surface area contributed by atoms with Crippen LogP contribution in [0.2, 0.25) is 5.02 Å². The first-order chi connectivity index (χ1) is 14.2. The molecule has 0 radical (unpaired) electrons. The van der Waals surface area contributed by atoms with Crippen molar-refractivity contribution in [3.05, 3.63) is 64.4 Å². The molecule has 3 rings (SSSR count).